The Morgan fingerprint density at radius 3 is 1.95 bits per heavy atom. The van der Waals surface area contributed by atoms with Gasteiger partial charge in [0.1, 0.15) is 80.4 Å². The molecule has 6 aliphatic rings. The first-order chi connectivity index (χ1) is 62.9. The van der Waals surface area contributed by atoms with Gasteiger partial charge in [-0.3, -0.25) is 61.9 Å². The number of carbonyl (C=O) groups is 4. The monoisotopic (exact) mass is 1920 g/mol. The van der Waals surface area contributed by atoms with Crippen molar-refractivity contribution in [1.29, 1.82) is 10.5 Å². The first-order valence-corrected chi connectivity index (χ1v) is 46.9. The first-order valence-electron chi connectivity index (χ1n) is 41.9. The molecule has 14 rings (SSSR count). The molecular weight excluding hydrogens is 1810 g/mol. The maximum atomic E-state index is 17.1. The minimum atomic E-state index is -3.42. The summed E-state index contributed by atoms with van der Waals surface area (Å²) >= 11 is 0. The summed E-state index contributed by atoms with van der Waals surface area (Å²) in [6, 6.07) is 14.9. The molecule has 132 heavy (non-hydrogen) atoms. The van der Waals surface area contributed by atoms with Crippen LogP contribution >= 0.6 is 32.5 Å². The molecule has 6 unspecified atom stereocenters. The highest BCUT2D eigenvalue weighted by Crippen LogP contribution is 2.63. The van der Waals surface area contributed by atoms with E-state index in [1.807, 2.05) is 12.1 Å². The summed E-state index contributed by atoms with van der Waals surface area (Å²) in [6.07, 6.45) is -17.1. The minimum Gasteiger partial charge on any atom is -0.394 e. The summed E-state index contributed by atoms with van der Waals surface area (Å²) in [6.45, 7) is 34.1. The third-order valence-electron chi connectivity index (χ3n) is 21.1. The number of aromatic amines is 1. The standard InChI is InChI=1S/C39H43BF2N10O11P2.C28H36BF2N10O9P.C13H31N2P/c1-21(2)24(53)14-23-15-25(54)30-36(49-23)52(19-47-30)39-29(42)33-26(60-39)16-57-64(56-12-6-10-43)62-32-27(17-59-65(40,63-33)58-13-7-11-44)61-38(28(32)41)51-20-48-31-34(45-18-46-35(31)51)50-37(55)22-8-4-3-5-9-22;1-12(2)24(44)38-28-37-23-19(25(45)39-28)36-11-41(23)27-17(31)21(14(7-42)48-27)50-51(29,46-6-5-32-4)47-8-15-20(43)16(30)26(49-15)40-10-35-18-13(3)33-9-34-22(18)40;1-10(2)14(11(3)4)16(9)15(12(5)6)13(7)8/h3-5,8-9,18-21,26-29,32-33,38-39H,6-7,12-17H2,1-2,40H3,(H,45,46,50,55);9-12,14-17,20-21,26-27,42-43H,5-8H2,1-3,29H3,(H2,37,38,39,44,45);10-13H,1-9H3/t26-,27?,28-,29-,32-,33-,38-,39-,64?,65?;14-,15-,16+,17+,20?,21?,26-,27-,51?;/m11./s1. The number of amides is 2. The van der Waals surface area contributed by atoms with Crippen molar-refractivity contribution in [2.75, 3.05) is 70.1 Å². The number of carbonyl (C=O) groups excluding carboxylic acids is 4. The summed E-state index contributed by atoms with van der Waals surface area (Å²) in [5, 5.41) is 44.8. The largest absolute Gasteiger partial charge is 0.394 e. The molecule has 5 fully saturated rings. The molecule has 7 aromatic heterocycles. The highest BCUT2D eigenvalue weighted by molar-refractivity contribution is 7.86. The SMILES string of the molecule is CC(C)N(C(C)C)P(C)N(C(C)C)C(C)C.[BH3-][P+](OCC[N+]#[C-])(OC[C@H]1O[C@@H](n2cnc3c(C)ncnc32)[C@@H](F)C1O)OC1[C@@H](CO)O[C@@H](n2cnc3c(=O)[nH]c(NC(=O)C(C)C)nc32)[C@H]1F.[BH3-][P+]1(OCCC#N)OCC2O[C@@H](n3cnc4c(NC(=O)c5ccccc5)ncnc43)[C@H](F)[C@@H]2OP(OCCC#N)OC[C@H]2O[C@@H](n3cnc4c3N=C(CC(=O)C(C)C)CC4=O)[C@H](F)[C@@H]2O1. The molecule has 52 heteroatoms. The van der Waals surface area contributed by atoms with Crippen LogP contribution < -0.4 is 16.2 Å². The number of nitriles is 2. The van der Waals surface area contributed by atoms with Gasteiger partial charge in [0, 0.05) is 61.9 Å². The number of fused-ring (bicyclic) bond motifs is 6. The molecule has 0 saturated carbocycles. The molecule has 714 valence electrons. The van der Waals surface area contributed by atoms with Gasteiger partial charge in [-0.15, -0.1) is 0 Å². The number of rotatable bonds is 32. The number of alkyl halides is 4. The van der Waals surface area contributed by atoms with Crippen molar-refractivity contribution in [2.24, 2.45) is 16.8 Å². The average molecular weight is 1920 g/mol. The lowest BCUT2D eigenvalue weighted by Crippen LogP contribution is -2.42. The lowest BCUT2D eigenvalue weighted by Gasteiger charge is -2.45. The summed E-state index contributed by atoms with van der Waals surface area (Å²) in [4.78, 5) is 112. The molecule has 5 saturated heterocycles. The number of ether oxygens (including phenoxy) is 4. The molecular formula is C80H110B2F4N22O20P4. The van der Waals surface area contributed by atoms with Crippen molar-refractivity contribution in [1.82, 2.24) is 77.4 Å². The predicted octanol–water partition coefficient (Wildman–Crippen LogP) is 8.90. The van der Waals surface area contributed by atoms with Crippen molar-refractivity contribution in [2.45, 2.75) is 238 Å². The van der Waals surface area contributed by atoms with Crippen LogP contribution in [0.25, 0.3) is 38.3 Å². The van der Waals surface area contributed by atoms with E-state index in [1.54, 1.807) is 65.0 Å². The van der Waals surface area contributed by atoms with Gasteiger partial charge in [0.05, 0.1) is 82.2 Å². The highest BCUT2D eigenvalue weighted by Gasteiger charge is 2.58. The van der Waals surface area contributed by atoms with Crippen LogP contribution in [0.5, 0.6) is 0 Å². The second-order valence-corrected chi connectivity index (χ2v) is 37.7. The topological polar surface area (TPSA) is 492 Å². The van der Waals surface area contributed by atoms with Gasteiger partial charge in [-0.05, 0) is 81.1 Å². The van der Waals surface area contributed by atoms with Crippen molar-refractivity contribution in [3.8, 4) is 12.1 Å². The zero-order chi connectivity index (χ0) is 95.5. The fourth-order valence-corrected chi connectivity index (χ4v) is 21.4. The Hall–Kier alpha value is -8.81. The molecule has 42 nitrogen and oxygen atoms in total. The van der Waals surface area contributed by atoms with Gasteiger partial charge in [-0.2, -0.15) is 15.5 Å². The van der Waals surface area contributed by atoms with Crippen molar-refractivity contribution >= 4 is 128 Å². The van der Waals surface area contributed by atoms with E-state index >= 15 is 17.6 Å². The molecule has 6 aliphatic heterocycles. The number of aliphatic imine (C=N–C) groups is 1. The second-order valence-electron chi connectivity index (χ2n) is 32.2. The highest BCUT2D eigenvalue weighted by atomic mass is 31.2. The molecule has 0 radical (unpaired) electrons. The van der Waals surface area contributed by atoms with Gasteiger partial charge in [0.2, 0.25) is 49.2 Å². The Balaban J connectivity index is 0.000000208. The van der Waals surface area contributed by atoms with Gasteiger partial charge < -0.3 is 52.9 Å². The molecule has 8 aromatic rings. The fraction of sp³-hybridized carbons (Fsp3) is 0.600. The maximum absolute atomic E-state index is 17.1. The van der Waals surface area contributed by atoms with E-state index in [0.717, 1.165) is 10.9 Å². The molecule has 2 amide bonds. The Morgan fingerprint density at radius 2 is 1.31 bits per heavy atom. The van der Waals surface area contributed by atoms with Crippen molar-refractivity contribution in [3.63, 3.8) is 0 Å². The quantitative estimate of drug-likeness (QED) is 0.00863. The lowest BCUT2D eigenvalue weighted by molar-refractivity contribution is -0.121. The number of imidazole rings is 4. The van der Waals surface area contributed by atoms with Gasteiger partial charge in [0.15, 0.2) is 120 Å². The van der Waals surface area contributed by atoms with Crippen LogP contribution in [-0.4, -0.2) is 289 Å². The van der Waals surface area contributed by atoms with Crippen LogP contribution in [0.3, 0.4) is 0 Å². The molecule has 0 bridgehead atoms. The van der Waals surface area contributed by atoms with E-state index in [9.17, 15) is 44.7 Å². The number of aliphatic hydroxyl groups is 2. The summed E-state index contributed by atoms with van der Waals surface area (Å²) in [5.41, 5.74) is 1.34. The molecule has 0 spiro atoms. The maximum Gasteiger partial charge on any atom is 0.333 e. The van der Waals surface area contributed by atoms with E-state index in [0.29, 0.717) is 52.3 Å². The third-order valence-corrected chi connectivity index (χ3v) is 27.8. The normalized spacial score (nSPS) is 26.7. The van der Waals surface area contributed by atoms with E-state index < -0.39 is 193 Å². The number of anilines is 2. The summed E-state index contributed by atoms with van der Waals surface area (Å²) < 4.78 is 156. The van der Waals surface area contributed by atoms with Crippen molar-refractivity contribution in [3.05, 3.63) is 107 Å². The molecule has 0 aliphatic carbocycles. The second kappa shape index (κ2) is 45.2. The van der Waals surface area contributed by atoms with E-state index in [-0.39, 0.29) is 118 Å². The zero-order valence-electron chi connectivity index (χ0n) is 73.6. The Labute approximate surface area is 763 Å². The number of hydrogen-bond donors (Lipinski definition) is 5. The number of hydrogen-bond acceptors (Lipinski definition) is 34. The number of aryl methyl sites for hydroxylation is 1. The molecule has 13 heterocycles. The predicted molar refractivity (Wildman–Crippen MR) is 482 cm³/mol. The minimum absolute atomic E-state index is 0.0108. The first kappa shape index (κ1) is 102. The number of nitrogens with one attached hydrogen (secondary N) is 3. The number of nitrogens with zero attached hydrogens (tertiary/aromatic N) is 19. The van der Waals surface area contributed by atoms with Crippen LogP contribution in [0.4, 0.5) is 35.1 Å². The van der Waals surface area contributed by atoms with Crippen LogP contribution in [0, 0.1) is 48.0 Å². The fourth-order valence-electron chi connectivity index (χ4n) is 15.0. The number of Topliss-reactive ketones (excluding diaryl/α,β-unsaturated/α-hetero) is 2. The van der Waals surface area contributed by atoms with Crippen molar-refractivity contribution < 1.29 is 107 Å². The molecule has 1 aromatic carbocycles. The van der Waals surface area contributed by atoms with Gasteiger partial charge in [-0.25, -0.2) is 96.1 Å². The summed E-state index contributed by atoms with van der Waals surface area (Å²) in [5.74, 6) is -2.19. The average Bonchev–Trinajstić information content (AvgIpc) is 1.62. The molecule has 5 N–H and O–H groups in total. The number of ketones is 2. The van der Waals surface area contributed by atoms with Gasteiger partial charge in [0.25, 0.3) is 11.5 Å². The Morgan fingerprint density at radius 1 is 0.727 bits per heavy atom. The van der Waals surface area contributed by atoms with Crippen LogP contribution in [0.1, 0.15) is 160 Å². The lowest BCUT2D eigenvalue weighted by atomic mass is 9.98. The van der Waals surface area contributed by atoms with Crippen LogP contribution in [0.15, 0.2) is 78.1 Å². The van der Waals surface area contributed by atoms with Crippen LogP contribution in [0.2, 0.25) is 0 Å². The van der Waals surface area contributed by atoms with Gasteiger partial charge in [-0.1, -0.05) is 45.9 Å². The van der Waals surface area contributed by atoms with E-state index in [4.69, 9.17) is 66.2 Å². The Bertz CT molecular complexity index is 5530. The number of H-pyrrole nitrogens is 1. The number of aromatic nitrogens is 14. The number of aliphatic hydroxyl groups excluding tert-OH is 2. The number of benzene rings is 1. The number of halogens is 4. The van der Waals surface area contributed by atoms with Gasteiger partial charge >= 0.3 is 8.60 Å². The third kappa shape index (κ3) is 23.5. The Kier molecular flexibility index (Phi) is 35.0. The van der Waals surface area contributed by atoms with E-state index in [2.05, 4.69) is 142 Å². The van der Waals surface area contributed by atoms with E-state index in [1.165, 1.54) is 45.3 Å². The smallest absolute Gasteiger partial charge is 0.333 e. The zero-order valence-corrected chi connectivity index (χ0v) is 77.2. The molecule has 19 atom stereocenters. The summed E-state index contributed by atoms with van der Waals surface area (Å²) in [7, 11) is -11.7. The van der Waals surface area contributed by atoms with Crippen LogP contribution in [-0.2, 0) is 69.3 Å².